The quantitative estimate of drug-likeness (QED) is 0.823. The number of aliphatic carboxylic acids is 1. The maximum absolute atomic E-state index is 12.7. The lowest BCUT2D eigenvalue weighted by molar-refractivity contribution is -0.137. The number of rotatable bonds is 3. The zero-order valence-electron chi connectivity index (χ0n) is 9.67. The van der Waals surface area contributed by atoms with Crippen molar-refractivity contribution in [3.05, 3.63) is 29.8 Å². The number of carboxylic acid groups (broad SMARTS) is 1. The van der Waals surface area contributed by atoms with E-state index >= 15 is 0 Å². The molecule has 1 amide bonds. The van der Waals surface area contributed by atoms with Gasteiger partial charge in [-0.15, -0.1) is 0 Å². The number of hydrogen-bond acceptors (Lipinski definition) is 3. The largest absolute Gasteiger partial charge is 0.481 e. The number of likely N-dealkylation sites (tertiary alicyclic amines) is 1. The summed E-state index contributed by atoms with van der Waals surface area (Å²) in [7, 11) is 0. The van der Waals surface area contributed by atoms with Crippen molar-refractivity contribution in [3.63, 3.8) is 0 Å². The summed E-state index contributed by atoms with van der Waals surface area (Å²) >= 11 is 0. The monoisotopic (exact) mass is 252 g/mol. The fourth-order valence-corrected chi connectivity index (χ4v) is 2.19. The molecular weight excluding hydrogens is 239 g/mol. The van der Waals surface area contributed by atoms with E-state index in [2.05, 4.69) is 4.98 Å². The number of hydrogen-bond donors (Lipinski definition) is 1. The van der Waals surface area contributed by atoms with E-state index in [1.807, 2.05) is 0 Å². The molecule has 18 heavy (non-hydrogen) atoms. The number of aromatic nitrogens is 1. The topological polar surface area (TPSA) is 70.5 Å². The summed E-state index contributed by atoms with van der Waals surface area (Å²) in [5.41, 5.74) is 0.286. The Labute approximate surface area is 103 Å². The van der Waals surface area contributed by atoms with Gasteiger partial charge in [0.25, 0.3) is 5.91 Å². The Bertz CT molecular complexity index is 461. The molecule has 1 fully saturated rings. The second-order valence-electron chi connectivity index (χ2n) is 4.26. The lowest BCUT2D eigenvalue weighted by Crippen LogP contribution is -2.36. The standard InChI is InChI=1S/C12H13FN2O3/c13-10-4-3-8(7-14-10)12(18)15-5-1-2-9(15)6-11(16)17/h3-4,7,9H,1-2,5-6H2,(H,16,17). The highest BCUT2D eigenvalue weighted by Gasteiger charge is 2.30. The first kappa shape index (κ1) is 12.5. The molecule has 1 unspecified atom stereocenters. The molecule has 2 heterocycles. The van der Waals surface area contributed by atoms with Crippen LogP contribution in [-0.4, -0.2) is 39.5 Å². The molecule has 0 bridgehead atoms. The summed E-state index contributed by atoms with van der Waals surface area (Å²) < 4.78 is 12.7. The van der Waals surface area contributed by atoms with Crippen LogP contribution in [-0.2, 0) is 4.79 Å². The molecule has 1 aromatic heterocycles. The number of carbonyl (C=O) groups excluding carboxylic acids is 1. The second kappa shape index (κ2) is 5.12. The minimum Gasteiger partial charge on any atom is -0.481 e. The smallest absolute Gasteiger partial charge is 0.305 e. The van der Waals surface area contributed by atoms with E-state index in [9.17, 15) is 14.0 Å². The van der Waals surface area contributed by atoms with Gasteiger partial charge in [-0.25, -0.2) is 4.98 Å². The van der Waals surface area contributed by atoms with Crippen LogP contribution in [0.4, 0.5) is 4.39 Å². The van der Waals surface area contributed by atoms with Crippen LogP contribution in [0.2, 0.25) is 0 Å². The van der Waals surface area contributed by atoms with Gasteiger partial charge in [0.15, 0.2) is 0 Å². The highest BCUT2D eigenvalue weighted by molar-refractivity contribution is 5.94. The third kappa shape index (κ3) is 2.64. The van der Waals surface area contributed by atoms with Crippen LogP contribution in [0.3, 0.4) is 0 Å². The first-order chi connectivity index (χ1) is 8.58. The van der Waals surface area contributed by atoms with Gasteiger partial charge < -0.3 is 10.0 Å². The minimum absolute atomic E-state index is 0.0552. The van der Waals surface area contributed by atoms with Crippen molar-refractivity contribution in [2.45, 2.75) is 25.3 Å². The van der Waals surface area contributed by atoms with E-state index in [-0.39, 0.29) is 23.9 Å². The maximum atomic E-state index is 12.7. The average molecular weight is 252 g/mol. The van der Waals surface area contributed by atoms with Crippen LogP contribution >= 0.6 is 0 Å². The lowest BCUT2D eigenvalue weighted by atomic mass is 10.1. The Morgan fingerprint density at radius 3 is 2.89 bits per heavy atom. The molecule has 1 N–H and O–H groups in total. The zero-order valence-corrected chi connectivity index (χ0v) is 9.67. The molecule has 2 rings (SSSR count). The highest BCUT2D eigenvalue weighted by atomic mass is 19.1. The first-order valence-electron chi connectivity index (χ1n) is 5.72. The third-order valence-electron chi connectivity index (χ3n) is 3.02. The molecule has 5 nitrogen and oxygen atoms in total. The normalized spacial score (nSPS) is 18.9. The SMILES string of the molecule is O=C(O)CC1CCCN1C(=O)c1ccc(F)nc1. The van der Waals surface area contributed by atoms with Crippen molar-refractivity contribution in [1.29, 1.82) is 0 Å². The van der Waals surface area contributed by atoms with Gasteiger partial charge >= 0.3 is 5.97 Å². The van der Waals surface area contributed by atoms with E-state index in [0.717, 1.165) is 12.5 Å². The molecule has 0 aliphatic carbocycles. The van der Waals surface area contributed by atoms with Crippen LogP contribution < -0.4 is 0 Å². The van der Waals surface area contributed by atoms with E-state index in [1.54, 1.807) is 0 Å². The summed E-state index contributed by atoms with van der Waals surface area (Å²) in [6, 6.07) is 2.20. The number of carboxylic acids is 1. The van der Waals surface area contributed by atoms with Gasteiger partial charge in [0.05, 0.1) is 12.0 Å². The fourth-order valence-electron chi connectivity index (χ4n) is 2.19. The van der Waals surface area contributed by atoms with Crippen molar-refractivity contribution in [2.24, 2.45) is 0 Å². The molecule has 0 spiro atoms. The molecule has 1 saturated heterocycles. The maximum Gasteiger partial charge on any atom is 0.305 e. The van der Waals surface area contributed by atoms with E-state index < -0.39 is 11.9 Å². The Morgan fingerprint density at radius 1 is 1.50 bits per heavy atom. The number of nitrogens with zero attached hydrogens (tertiary/aromatic N) is 2. The van der Waals surface area contributed by atoms with Crippen molar-refractivity contribution < 1.29 is 19.1 Å². The lowest BCUT2D eigenvalue weighted by Gasteiger charge is -2.23. The zero-order chi connectivity index (χ0) is 13.1. The van der Waals surface area contributed by atoms with Crippen LogP contribution in [0, 0.1) is 5.95 Å². The van der Waals surface area contributed by atoms with E-state index in [1.165, 1.54) is 17.2 Å². The fraction of sp³-hybridized carbons (Fsp3) is 0.417. The van der Waals surface area contributed by atoms with Crippen molar-refractivity contribution in [3.8, 4) is 0 Å². The Balaban J connectivity index is 2.12. The van der Waals surface area contributed by atoms with Gasteiger partial charge in [-0.05, 0) is 25.0 Å². The second-order valence-corrected chi connectivity index (χ2v) is 4.26. The molecular formula is C12H13FN2O3. The molecule has 96 valence electrons. The van der Waals surface area contributed by atoms with Gasteiger partial charge in [-0.2, -0.15) is 4.39 Å². The predicted molar refractivity (Wildman–Crippen MR) is 60.5 cm³/mol. The first-order valence-corrected chi connectivity index (χ1v) is 5.72. The number of pyridine rings is 1. The van der Waals surface area contributed by atoms with Crippen LogP contribution in [0.5, 0.6) is 0 Å². The summed E-state index contributed by atoms with van der Waals surface area (Å²) in [4.78, 5) is 27.8. The molecule has 1 aromatic rings. The summed E-state index contributed by atoms with van der Waals surface area (Å²) in [6.45, 7) is 0.536. The predicted octanol–water partition coefficient (Wildman–Crippen LogP) is 1.30. The van der Waals surface area contributed by atoms with E-state index in [4.69, 9.17) is 5.11 Å². The third-order valence-corrected chi connectivity index (χ3v) is 3.02. The van der Waals surface area contributed by atoms with E-state index in [0.29, 0.717) is 13.0 Å². The molecule has 0 radical (unpaired) electrons. The van der Waals surface area contributed by atoms with Gasteiger partial charge in [0.1, 0.15) is 0 Å². The van der Waals surface area contributed by atoms with Crippen LogP contribution in [0.1, 0.15) is 29.6 Å². The summed E-state index contributed by atoms with van der Waals surface area (Å²) in [6.07, 6.45) is 2.60. The minimum atomic E-state index is -0.920. The highest BCUT2D eigenvalue weighted by Crippen LogP contribution is 2.22. The number of halogens is 1. The Hall–Kier alpha value is -1.98. The summed E-state index contributed by atoms with van der Waals surface area (Å²) in [5.74, 6) is -1.85. The van der Waals surface area contributed by atoms with Gasteiger partial charge in [0, 0.05) is 18.8 Å². The molecule has 1 atom stereocenters. The van der Waals surface area contributed by atoms with Gasteiger partial charge in [-0.1, -0.05) is 0 Å². The van der Waals surface area contributed by atoms with Crippen molar-refractivity contribution in [2.75, 3.05) is 6.54 Å². The van der Waals surface area contributed by atoms with Crippen LogP contribution in [0.25, 0.3) is 0 Å². The number of carbonyl (C=O) groups is 2. The Kier molecular flexibility index (Phi) is 3.55. The van der Waals surface area contributed by atoms with Crippen molar-refractivity contribution in [1.82, 2.24) is 9.88 Å². The average Bonchev–Trinajstić information content (AvgIpc) is 2.76. The Morgan fingerprint density at radius 2 is 2.28 bits per heavy atom. The molecule has 0 saturated carbocycles. The molecule has 1 aliphatic heterocycles. The van der Waals surface area contributed by atoms with Gasteiger partial charge in [-0.3, -0.25) is 9.59 Å². The summed E-state index contributed by atoms with van der Waals surface area (Å²) in [5, 5.41) is 8.78. The molecule has 6 heteroatoms. The molecule has 0 aromatic carbocycles. The van der Waals surface area contributed by atoms with Gasteiger partial charge in [0.2, 0.25) is 5.95 Å². The van der Waals surface area contributed by atoms with Crippen molar-refractivity contribution >= 4 is 11.9 Å². The molecule has 1 aliphatic rings. The van der Waals surface area contributed by atoms with Crippen LogP contribution in [0.15, 0.2) is 18.3 Å². The number of amides is 1.